The summed E-state index contributed by atoms with van der Waals surface area (Å²) in [5.41, 5.74) is -0.982. The second kappa shape index (κ2) is 4.05. The lowest BCUT2D eigenvalue weighted by Crippen LogP contribution is -2.39. The third-order valence-electron chi connectivity index (χ3n) is 2.63. The van der Waals surface area contributed by atoms with Gasteiger partial charge in [0.15, 0.2) is 0 Å². The van der Waals surface area contributed by atoms with Crippen LogP contribution in [0.3, 0.4) is 0 Å². The fourth-order valence-electron chi connectivity index (χ4n) is 1.71. The molecular weight excluding hydrogens is 168 g/mol. The highest BCUT2D eigenvalue weighted by Gasteiger charge is 2.37. The van der Waals surface area contributed by atoms with Gasteiger partial charge in [-0.1, -0.05) is 6.92 Å². The van der Waals surface area contributed by atoms with Crippen molar-refractivity contribution in [2.45, 2.75) is 31.4 Å². The maximum Gasteiger partial charge on any atom is 0.102 e. The summed E-state index contributed by atoms with van der Waals surface area (Å²) in [4.78, 5) is 1.93. The van der Waals surface area contributed by atoms with Gasteiger partial charge in [0, 0.05) is 13.1 Å². The quantitative estimate of drug-likeness (QED) is 0.633. The molecule has 1 aliphatic rings. The van der Waals surface area contributed by atoms with Gasteiger partial charge in [-0.15, -0.1) is 0 Å². The molecule has 0 amide bonds. The van der Waals surface area contributed by atoms with Crippen molar-refractivity contribution < 1.29 is 10.2 Å². The Balaban J connectivity index is 2.54. The minimum absolute atomic E-state index is 0.124. The van der Waals surface area contributed by atoms with E-state index in [1.165, 1.54) is 0 Å². The first-order valence-corrected chi connectivity index (χ1v) is 4.62. The van der Waals surface area contributed by atoms with Gasteiger partial charge in [-0.2, -0.15) is 5.26 Å². The molecular formula is C9H16N2O2. The maximum atomic E-state index is 9.71. The minimum Gasteiger partial charge on any atom is -0.393 e. The lowest BCUT2D eigenvalue weighted by Gasteiger charge is -2.23. The van der Waals surface area contributed by atoms with E-state index in [1.54, 1.807) is 0 Å². The van der Waals surface area contributed by atoms with Gasteiger partial charge >= 0.3 is 0 Å². The number of β-amino-alcohol motifs (C(OH)–C–C–N with tert-alkyl or cyclic N) is 1. The zero-order chi connectivity index (χ0) is 9.90. The van der Waals surface area contributed by atoms with Crippen LogP contribution < -0.4 is 0 Å². The van der Waals surface area contributed by atoms with Crippen molar-refractivity contribution in [2.75, 3.05) is 19.7 Å². The standard InChI is InChI=1S/C9H16N2O2/c1-2-8(5-10)11-4-3-9(13,6-11)7-12/h8,12-13H,2-4,6-7H2,1H3. The maximum absolute atomic E-state index is 9.71. The van der Waals surface area contributed by atoms with Gasteiger partial charge in [0.2, 0.25) is 0 Å². The molecule has 74 valence electrons. The number of hydrogen-bond donors (Lipinski definition) is 2. The van der Waals surface area contributed by atoms with E-state index in [9.17, 15) is 5.11 Å². The summed E-state index contributed by atoms with van der Waals surface area (Å²) >= 11 is 0. The first-order chi connectivity index (χ1) is 6.15. The van der Waals surface area contributed by atoms with Crippen molar-refractivity contribution in [3.05, 3.63) is 0 Å². The summed E-state index contributed by atoms with van der Waals surface area (Å²) in [5, 5.41) is 27.4. The second-order valence-electron chi connectivity index (χ2n) is 3.66. The number of aliphatic hydroxyl groups excluding tert-OH is 1. The summed E-state index contributed by atoms with van der Waals surface area (Å²) in [5.74, 6) is 0. The van der Waals surface area contributed by atoms with Crippen LogP contribution in [0.2, 0.25) is 0 Å². The fourth-order valence-corrected chi connectivity index (χ4v) is 1.71. The van der Waals surface area contributed by atoms with E-state index < -0.39 is 5.60 Å². The summed E-state index contributed by atoms with van der Waals surface area (Å²) in [6, 6.07) is 2.06. The first-order valence-electron chi connectivity index (χ1n) is 4.62. The molecule has 0 bridgehead atoms. The molecule has 0 aromatic carbocycles. The van der Waals surface area contributed by atoms with Crippen LogP contribution in [0.4, 0.5) is 0 Å². The molecule has 1 heterocycles. The zero-order valence-corrected chi connectivity index (χ0v) is 7.90. The largest absolute Gasteiger partial charge is 0.393 e. The summed E-state index contributed by atoms with van der Waals surface area (Å²) in [6.07, 6.45) is 1.32. The normalized spacial score (nSPS) is 31.5. The molecule has 13 heavy (non-hydrogen) atoms. The van der Waals surface area contributed by atoms with E-state index in [2.05, 4.69) is 6.07 Å². The monoisotopic (exact) mass is 184 g/mol. The van der Waals surface area contributed by atoms with E-state index in [4.69, 9.17) is 10.4 Å². The van der Waals surface area contributed by atoms with E-state index in [-0.39, 0.29) is 12.6 Å². The fraction of sp³-hybridized carbons (Fsp3) is 0.889. The topological polar surface area (TPSA) is 67.5 Å². The Morgan fingerprint density at radius 1 is 1.69 bits per heavy atom. The molecule has 0 aromatic rings. The van der Waals surface area contributed by atoms with Crippen molar-refractivity contribution in [3.63, 3.8) is 0 Å². The van der Waals surface area contributed by atoms with E-state index >= 15 is 0 Å². The lowest BCUT2D eigenvalue weighted by molar-refractivity contribution is -0.00694. The Labute approximate surface area is 78.4 Å². The molecule has 0 radical (unpaired) electrons. The summed E-state index contributed by atoms with van der Waals surface area (Å²) < 4.78 is 0. The third kappa shape index (κ3) is 2.19. The average Bonchev–Trinajstić information content (AvgIpc) is 2.52. The van der Waals surface area contributed by atoms with Crippen LogP contribution in [-0.4, -0.2) is 46.5 Å². The molecule has 2 atom stereocenters. The predicted octanol–water partition coefficient (Wildman–Crippen LogP) is -0.282. The smallest absolute Gasteiger partial charge is 0.102 e. The van der Waals surface area contributed by atoms with Gasteiger partial charge < -0.3 is 10.2 Å². The average molecular weight is 184 g/mol. The van der Waals surface area contributed by atoms with Crippen LogP contribution in [0.15, 0.2) is 0 Å². The molecule has 0 saturated carbocycles. The van der Waals surface area contributed by atoms with Gasteiger partial charge in [-0.05, 0) is 12.8 Å². The SMILES string of the molecule is CCC(C#N)N1CCC(O)(CO)C1. The minimum atomic E-state index is -0.982. The van der Waals surface area contributed by atoms with Gasteiger partial charge in [0.1, 0.15) is 5.60 Å². The third-order valence-corrected chi connectivity index (χ3v) is 2.63. The number of rotatable bonds is 3. The summed E-state index contributed by atoms with van der Waals surface area (Å²) in [6.45, 7) is 2.84. The summed E-state index contributed by atoms with van der Waals surface area (Å²) in [7, 11) is 0. The van der Waals surface area contributed by atoms with Crippen LogP contribution in [0, 0.1) is 11.3 Å². The molecule has 4 nitrogen and oxygen atoms in total. The molecule has 4 heteroatoms. The molecule has 1 fully saturated rings. The molecule has 0 spiro atoms. The molecule has 0 aromatic heterocycles. The predicted molar refractivity (Wildman–Crippen MR) is 47.9 cm³/mol. The van der Waals surface area contributed by atoms with Crippen LogP contribution in [0.25, 0.3) is 0 Å². The van der Waals surface area contributed by atoms with Crippen LogP contribution in [0.5, 0.6) is 0 Å². The highest BCUT2D eigenvalue weighted by Crippen LogP contribution is 2.23. The molecule has 1 saturated heterocycles. The Hall–Kier alpha value is -0.630. The number of nitriles is 1. The molecule has 2 unspecified atom stereocenters. The second-order valence-corrected chi connectivity index (χ2v) is 3.66. The number of hydrogen-bond acceptors (Lipinski definition) is 4. The zero-order valence-electron chi connectivity index (χ0n) is 7.90. The number of likely N-dealkylation sites (tertiary alicyclic amines) is 1. The van der Waals surface area contributed by atoms with Crippen molar-refractivity contribution in [1.29, 1.82) is 5.26 Å². The molecule has 1 rings (SSSR count). The highest BCUT2D eigenvalue weighted by molar-refractivity contribution is 4.98. The Morgan fingerprint density at radius 2 is 2.38 bits per heavy atom. The Kier molecular flexibility index (Phi) is 3.26. The van der Waals surface area contributed by atoms with Gasteiger partial charge in [0.05, 0.1) is 18.7 Å². The van der Waals surface area contributed by atoms with Gasteiger partial charge in [-0.25, -0.2) is 0 Å². The lowest BCUT2D eigenvalue weighted by atomic mass is 10.1. The van der Waals surface area contributed by atoms with Crippen LogP contribution >= 0.6 is 0 Å². The van der Waals surface area contributed by atoms with E-state index in [1.807, 2.05) is 11.8 Å². The molecule has 0 aliphatic carbocycles. The molecule has 1 aliphatic heterocycles. The van der Waals surface area contributed by atoms with E-state index in [0.29, 0.717) is 19.5 Å². The first kappa shape index (κ1) is 10.5. The highest BCUT2D eigenvalue weighted by atomic mass is 16.3. The van der Waals surface area contributed by atoms with Gasteiger partial charge in [0.25, 0.3) is 0 Å². The Bertz CT molecular complexity index is 214. The van der Waals surface area contributed by atoms with Crippen molar-refractivity contribution >= 4 is 0 Å². The van der Waals surface area contributed by atoms with Gasteiger partial charge in [-0.3, -0.25) is 4.90 Å². The van der Waals surface area contributed by atoms with Crippen LogP contribution in [-0.2, 0) is 0 Å². The van der Waals surface area contributed by atoms with Crippen LogP contribution in [0.1, 0.15) is 19.8 Å². The van der Waals surface area contributed by atoms with E-state index in [0.717, 1.165) is 6.42 Å². The van der Waals surface area contributed by atoms with Crippen molar-refractivity contribution in [3.8, 4) is 6.07 Å². The number of aliphatic hydroxyl groups is 2. The number of nitrogens with zero attached hydrogens (tertiary/aromatic N) is 2. The van der Waals surface area contributed by atoms with Crippen molar-refractivity contribution in [2.24, 2.45) is 0 Å². The van der Waals surface area contributed by atoms with Crippen molar-refractivity contribution in [1.82, 2.24) is 4.90 Å². The Morgan fingerprint density at radius 3 is 2.77 bits per heavy atom. The molecule has 2 N–H and O–H groups in total.